The van der Waals surface area contributed by atoms with E-state index < -0.39 is 0 Å². The molecule has 2 aromatic heterocycles. The molecule has 1 amide bonds. The molecule has 1 aliphatic rings. The molecule has 0 radical (unpaired) electrons. The van der Waals surface area contributed by atoms with Crippen molar-refractivity contribution in [2.75, 3.05) is 18.4 Å². The van der Waals surface area contributed by atoms with E-state index in [1.54, 1.807) is 18.5 Å². The van der Waals surface area contributed by atoms with Gasteiger partial charge in [0.05, 0.1) is 6.04 Å². The summed E-state index contributed by atoms with van der Waals surface area (Å²) in [6.07, 6.45) is 7.64. The molecule has 1 aromatic carbocycles. The summed E-state index contributed by atoms with van der Waals surface area (Å²) in [5.74, 6) is -0.188. The van der Waals surface area contributed by atoms with Gasteiger partial charge in [0.25, 0.3) is 5.91 Å². The lowest BCUT2D eigenvalue weighted by molar-refractivity contribution is 0.102. The van der Waals surface area contributed by atoms with Crippen molar-refractivity contribution >= 4 is 36.4 Å². The number of nitrogens with one attached hydrogen (secondary N) is 2. The number of halogens is 2. The van der Waals surface area contributed by atoms with Crippen LogP contribution in [0.25, 0.3) is 11.1 Å². The van der Waals surface area contributed by atoms with Gasteiger partial charge in [-0.2, -0.15) is 5.10 Å². The van der Waals surface area contributed by atoms with E-state index >= 15 is 0 Å². The van der Waals surface area contributed by atoms with Crippen LogP contribution >= 0.6 is 24.8 Å². The van der Waals surface area contributed by atoms with Crippen LogP contribution in [-0.4, -0.2) is 33.8 Å². The summed E-state index contributed by atoms with van der Waals surface area (Å²) in [6, 6.07) is 12.1. The zero-order valence-corrected chi connectivity index (χ0v) is 17.8. The van der Waals surface area contributed by atoms with Gasteiger partial charge in [-0.15, -0.1) is 24.8 Å². The maximum atomic E-state index is 12.7. The van der Waals surface area contributed by atoms with Crippen LogP contribution in [0.1, 0.15) is 34.9 Å². The lowest BCUT2D eigenvalue weighted by Gasteiger charge is -2.22. The predicted molar refractivity (Wildman–Crippen MR) is 120 cm³/mol. The van der Waals surface area contributed by atoms with Gasteiger partial charge in [-0.1, -0.05) is 12.1 Å². The van der Waals surface area contributed by atoms with Crippen molar-refractivity contribution in [3.8, 4) is 11.1 Å². The molecule has 2 N–H and O–H groups in total. The molecule has 4 rings (SSSR count). The second-order valence-corrected chi connectivity index (χ2v) is 6.90. The van der Waals surface area contributed by atoms with Crippen LogP contribution in [0.2, 0.25) is 0 Å². The van der Waals surface area contributed by atoms with E-state index in [4.69, 9.17) is 0 Å². The van der Waals surface area contributed by atoms with Gasteiger partial charge in [0.2, 0.25) is 0 Å². The van der Waals surface area contributed by atoms with Crippen molar-refractivity contribution in [2.45, 2.75) is 25.8 Å². The number of rotatable bonds is 4. The predicted octanol–water partition coefficient (Wildman–Crippen LogP) is 4.27. The second kappa shape index (κ2) is 10.4. The Bertz CT molecular complexity index is 939. The SMILES string of the molecule is Cc1ccc(-c2ccncc2)cc1NC(=O)c1ccn(C2CCCNC2)n1.Cl.Cl. The number of aryl methyl sites for hydroxylation is 1. The minimum Gasteiger partial charge on any atom is -0.320 e. The van der Waals surface area contributed by atoms with Crippen LogP contribution in [0.4, 0.5) is 5.69 Å². The number of benzene rings is 1. The van der Waals surface area contributed by atoms with E-state index in [9.17, 15) is 4.79 Å². The first kappa shape index (κ1) is 22.9. The van der Waals surface area contributed by atoms with Gasteiger partial charge in [0.15, 0.2) is 5.69 Å². The molecule has 0 aliphatic carbocycles. The molecular formula is C21H25Cl2N5O. The van der Waals surface area contributed by atoms with E-state index in [2.05, 4.69) is 20.7 Å². The number of pyridine rings is 1. The summed E-state index contributed by atoms with van der Waals surface area (Å²) >= 11 is 0. The Hall–Kier alpha value is -2.41. The highest BCUT2D eigenvalue weighted by molar-refractivity contribution is 6.03. The van der Waals surface area contributed by atoms with E-state index in [1.807, 2.05) is 48.1 Å². The number of aromatic nitrogens is 3. The van der Waals surface area contributed by atoms with E-state index in [-0.39, 0.29) is 30.7 Å². The van der Waals surface area contributed by atoms with E-state index in [0.717, 1.165) is 48.3 Å². The van der Waals surface area contributed by atoms with Gasteiger partial charge in [-0.05, 0) is 67.3 Å². The molecular weight excluding hydrogens is 409 g/mol. The van der Waals surface area contributed by atoms with Crippen LogP contribution in [0.15, 0.2) is 55.0 Å². The van der Waals surface area contributed by atoms with Gasteiger partial charge in [-0.25, -0.2) is 0 Å². The Morgan fingerprint density at radius 3 is 2.66 bits per heavy atom. The van der Waals surface area contributed by atoms with Gasteiger partial charge in [-0.3, -0.25) is 14.5 Å². The molecule has 3 heterocycles. The summed E-state index contributed by atoms with van der Waals surface area (Å²) in [7, 11) is 0. The Kier molecular flexibility index (Phi) is 8.20. The topological polar surface area (TPSA) is 71.8 Å². The summed E-state index contributed by atoms with van der Waals surface area (Å²) in [6.45, 7) is 3.94. The highest BCUT2D eigenvalue weighted by Crippen LogP contribution is 2.25. The number of amides is 1. The number of hydrogen-bond acceptors (Lipinski definition) is 4. The molecule has 6 nitrogen and oxygen atoms in total. The number of carbonyl (C=O) groups excluding carboxylic acids is 1. The first-order valence-corrected chi connectivity index (χ1v) is 9.29. The fourth-order valence-corrected chi connectivity index (χ4v) is 3.39. The zero-order valence-electron chi connectivity index (χ0n) is 16.2. The molecule has 29 heavy (non-hydrogen) atoms. The summed E-state index contributed by atoms with van der Waals surface area (Å²) in [4.78, 5) is 16.8. The van der Waals surface area contributed by atoms with Crippen LogP contribution in [0, 0.1) is 6.92 Å². The zero-order chi connectivity index (χ0) is 18.6. The van der Waals surface area contributed by atoms with Gasteiger partial charge in [0, 0.05) is 30.8 Å². The Morgan fingerprint density at radius 2 is 1.93 bits per heavy atom. The number of carbonyl (C=O) groups is 1. The molecule has 0 bridgehead atoms. The Morgan fingerprint density at radius 1 is 1.14 bits per heavy atom. The van der Waals surface area contributed by atoms with Crippen molar-refractivity contribution in [2.24, 2.45) is 0 Å². The van der Waals surface area contributed by atoms with E-state index in [0.29, 0.717) is 11.7 Å². The molecule has 3 aromatic rings. The van der Waals surface area contributed by atoms with Crippen molar-refractivity contribution in [3.05, 3.63) is 66.2 Å². The van der Waals surface area contributed by atoms with Gasteiger partial charge >= 0.3 is 0 Å². The normalized spacial score (nSPS) is 15.7. The molecule has 1 atom stereocenters. The van der Waals surface area contributed by atoms with Crippen molar-refractivity contribution in [1.82, 2.24) is 20.1 Å². The lowest BCUT2D eigenvalue weighted by atomic mass is 10.0. The highest BCUT2D eigenvalue weighted by atomic mass is 35.5. The van der Waals surface area contributed by atoms with Crippen molar-refractivity contribution in [3.63, 3.8) is 0 Å². The molecule has 8 heteroatoms. The highest BCUT2D eigenvalue weighted by Gasteiger charge is 2.18. The molecule has 1 fully saturated rings. The molecule has 1 saturated heterocycles. The third kappa shape index (κ3) is 5.35. The molecule has 1 unspecified atom stereocenters. The minimum atomic E-state index is -0.188. The van der Waals surface area contributed by atoms with Crippen molar-refractivity contribution in [1.29, 1.82) is 0 Å². The van der Waals surface area contributed by atoms with Crippen LogP contribution in [0.5, 0.6) is 0 Å². The maximum Gasteiger partial charge on any atom is 0.276 e. The smallest absolute Gasteiger partial charge is 0.276 e. The van der Waals surface area contributed by atoms with Gasteiger partial charge < -0.3 is 10.6 Å². The standard InChI is InChI=1S/C21H23N5O.2ClH/c1-15-4-5-17(16-6-10-22-11-7-16)13-20(15)24-21(27)19-8-12-26(25-19)18-3-2-9-23-14-18;;/h4-8,10-13,18,23H,2-3,9,14H2,1H3,(H,24,27);2*1H. The number of hydrogen-bond donors (Lipinski definition) is 2. The third-order valence-electron chi connectivity index (χ3n) is 4.99. The largest absolute Gasteiger partial charge is 0.320 e. The molecule has 0 spiro atoms. The average Bonchev–Trinajstić information content (AvgIpc) is 3.21. The lowest BCUT2D eigenvalue weighted by Crippen LogP contribution is -2.32. The van der Waals surface area contributed by atoms with Crippen LogP contribution in [0.3, 0.4) is 0 Å². The first-order valence-electron chi connectivity index (χ1n) is 9.29. The van der Waals surface area contributed by atoms with Gasteiger partial charge in [0.1, 0.15) is 0 Å². The first-order chi connectivity index (χ1) is 13.2. The summed E-state index contributed by atoms with van der Waals surface area (Å²) < 4.78 is 1.90. The quantitative estimate of drug-likeness (QED) is 0.643. The summed E-state index contributed by atoms with van der Waals surface area (Å²) in [5, 5.41) is 10.9. The monoisotopic (exact) mass is 433 g/mol. The number of nitrogens with zero attached hydrogens (tertiary/aromatic N) is 3. The third-order valence-corrected chi connectivity index (χ3v) is 4.99. The Labute approximate surface area is 182 Å². The molecule has 154 valence electrons. The maximum absolute atomic E-state index is 12.7. The average molecular weight is 434 g/mol. The summed E-state index contributed by atoms with van der Waals surface area (Å²) in [5.41, 5.74) is 4.35. The van der Waals surface area contributed by atoms with Crippen LogP contribution in [-0.2, 0) is 0 Å². The number of piperidine rings is 1. The fraction of sp³-hybridized carbons (Fsp3) is 0.286. The molecule has 1 aliphatic heterocycles. The molecule has 0 saturated carbocycles. The number of anilines is 1. The van der Waals surface area contributed by atoms with Crippen molar-refractivity contribution < 1.29 is 4.79 Å². The Balaban J connectivity index is 0.00000150. The van der Waals surface area contributed by atoms with E-state index in [1.165, 1.54) is 0 Å². The second-order valence-electron chi connectivity index (χ2n) is 6.90. The van der Waals surface area contributed by atoms with Crippen LogP contribution < -0.4 is 10.6 Å². The minimum absolute atomic E-state index is 0. The fourth-order valence-electron chi connectivity index (χ4n) is 3.39.